The van der Waals surface area contributed by atoms with Crippen molar-refractivity contribution in [2.45, 2.75) is 45.1 Å². The van der Waals surface area contributed by atoms with E-state index in [1.807, 2.05) is 25.3 Å². The molecular formula is C21H26ClN5OS. The highest BCUT2D eigenvalue weighted by Crippen LogP contribution is 2.42. The van der Waals surface area contributed by atoms with Crippen molar-refractivity contribution in [3.05, 3.63) is 29.4 Å². The summed E-state index contributed by atoms with van der Waals surface area (Å²) in [7, 11) is 0. The van der Waals surface area contributed by atoms with Crippen LogP contribution in [0, 0.1) is 24.7 Å². The lowest BCUT2D eigenvalue weighted by Gasteiger charge is -2.43. The lowest BCUT2D eigenvalue weighted by atomic mass is 9.65. The Morgan fingerprint density at radius 1 is 1.31 bits per heavy atom. The van der Waals surface area contributed by atoms with Crippen molar-refractivity contribution in [2.75, 3.05) is 5.32 Å². The number of rotatable bonds is 3. The van der Waals surface area contributed by atoms with Gasteiger partial charge in [0, 0.05) is 40.2 Å². The van der Waals surface area contributed by atoms with E-state index < -0.39 is 0 Å². The van der Waals surface area contributed by atoms with E-state index in [2.05, 4.69) is 15.3 Å². The van der Waals surface area contributed by atoms with Crippen LogP contribution >= 0.6 is 23.7 Å². The van der Waals surface area contributed by atoms with E-state index in [1.165, 1.54) is 17.8 Å². The van der Waals surface area contributed by atoms with Gasteiger partial charge in [-0.1, -0.05) is 6.42 Å². The van der Waals surface area contributed by atoms with Crippen molar-refractivity contribution in [3.8, 4) is 11.3 Å². The van der Waals surface area contributed by atoms with Crippen molar-refractivity contribution < 1.29 is 4.79 Å². The molecule has 2 saturated carbocycles. The molecule has 6 nitrogen and oxygen atoms in total. The Morgan fingerprint density at radius 3 is 2.83 bits per heavy atom. The number of fused-ring (bicyclic) bond motifs is 3. The van der Waals surface area contributed by atoms with E-state index >= 15 is 0 Å². The fraction of sp³-hybridized carbons (Fsp3) is 0.476. The van der Waals surface area contributed by atoms with Crippen LogP contribution in [0.2, 0.25) is 0 Å². The Morgan fingerprint density at radius 2 is 2.07 bits per heavy atom. The second kappa shape index (κ2) is 8.05. The second-order valence-corrected chi connectivity index (χ2v) is 9.41. The number of pyridine rings is 1. The standard InChI is InChI=1S/C21H25N5OS.ClH/c1-11-18(16-10-24-19-15(16)6-3-7-23-19)25-21(28-11)26-20(27)14-8-12-4-2-5-13(9-14)17(12)22;/h3,6-7,10,12-14,17H,2,4-5,8-9,22H2,1H3,(H,23,24)(H,25,26,27);1H. The van der Waals surface area contributed by atoms with Gasteiger partial charge in [0.1, 0.15) is 5.65 Å². The van der Waals surface area contributed by atoms with Gasteiger partial charge in [-0.2, -0.15) is 0 Å². The molecule has 2 atom stereocenters. The quantitative estimate of drug-likeness (QED) is 0.568. The van der Waals surface area contributed by atoms with Gasteiger partial charge in [0.05, 0.1) is 5.69 Å². The van der Waals surface area contributed by atoms with Gasteiger partial charge < -0.3 is 16.0 Å². The predicted octanol–water partition coefficient (Wildman–Crippen LogP) is 4.51. The number of carbonyl (C=O) groups excluding carboxylic acids is 1. The van der Waals surface area contributed by atoms with Crippen LogP contribution < -0.4 is 11.1 Å². The molecule has 2 bridgehead atoms. The van der Waals surface area contributed by atoms with Crippen molar-refractivity contribution in [3.63, 3.8) is 0 Å². The zero-order valence-corrected chi connectivity index (χ0v) is 18.0. The fourth-order valence-electron chi connectivity index (χ4n) is 5.06. The SMILES string of the molecule is Cc1sc(NC(=O)C2CC3CCCC(C2)C3N)nc1-c1c[nH]c2ncccc12.Cl. The van der Waals surface area contributed by atoms with Crippen molar-refractivity contribution in [2.24, 2.45) is 23.5 Å². The van der Waals surface area contributed by atoms with E-state index in [9.17, 15) is 4.79 Å². The maximum absolute atomic E-state index is 12.9. The Bertz CT molecular complexity index is 1020. The molecule has 0 aliphatic heterocycles. The lowest BCUT2D eigenvalue weighted by Crippen LogP contribution is -2.48. The van der Waals surface area contributed by atoms with E-state index in [0.717, 1.165) is 52.9 Å². The van der Waals surface area contributed by atoms with Gasteiger partial charge in [0.15, 0.2) is 5.13 Å². The summed E-state index contributed by atoms with van der Waals surface area (Å²) in [5, 5.41) is 4.81. The number of amides is 1. The first kappa shape index (κ1) is 20.3. The molecule has 4 N–H and O–H groups in total. The van der Waals surface area contributed by atoms with Crippen LogP contribution in [0.25, 0.3) is 22.3 Å². The number of halogens is 1. The average molecular weight is 432 g/mol. The maximum atomic E-state index is 12.9. The molecule has 3 aromatic rings. The third-order valence-corrected chi connectivity index (χ3v) is 7.40. The summed E-state index contributed by atoms with van der Waals surface area (Å²) in [6, 6.07) is 4.24. The summed E-state index contributed by atoms with van der Waals surface area (Å²) < 4.78 is 0. The molecular weight excluding hydrogens is 406 g/mol. The topological polar surface area (TPSA) is 96.7 Å². The van der Waals surface area contributed by atoms with Crippen molar-refractivity contribution >= 4 is 45.8 Å². The largest absolute Gasteiger partial charge is 0.345 e. The molecule has 2 unspecified atom stereocenters. The first-order chi connectivity index (χ1) is 13.6. The highest BCUT2D eigenvalue weighted by atomic mass is 35.5. The minimum atomic E-state index is 0. The van der Waals surface area contributed by atoms with Crippen LogP contribution in [0.5, 0.6) is 0 Å². The van der Waals surface area contributed by atoms with E-state index in [4.69, 9.17) is 10.7 Å². The van der Waals surface area contributed by atoms with Crippen LogP contribution in [-0.4, -0.2) is 26.9 Å². The summed E-state index contributed by atoms with van der Waals surface area (Å²) in [6.45, 7) is 2.04. The van der Waals surface area contributed by atoms with Gasteiger partial charge in [-0.05, 0) is 56.6 Å². The number of aryl methyl sites for hydroxylation is 1. The summed E-state index contributed by atoms with van der Waals surface area (Å²) in [6.07, 6.45) is 9.12. The molecule has 8 heteroatoms. The molecule has 3 heterocycles. The zero-order valence-electron chi connectivity index (χ0n) is 16.4. The summed E-state index contributed by atoms with van der Waals surface area (Å²) in [5.74, 6) is 1.15. The minimum absolute atomic E-state index is 0. The Kier molecular flexibility index (Phi) is 5.64. The Balaban J connectivity index is 0.00000205. The molecule has 29 heavy (non-hydrogen) atoms. The number of H-pyrrole nitrogens is 1. The first-order valence-electron chi connectivity index (χ1n) is 10.1. The molecule has 1 amide bonds. The number of nitrogens with zero attached hydrogens (tertiary/aromatic N) is 2. The van der Waals surface area contributed by atoms with E-state index in [0.29, 0.717) is 17.0 Å². The molecule has 5 rings (SSSR count). The summed E-state index contributed by atoms with van der Waals surface area (Å²) in [5.41, 5.74) is 9.15. The van der Waals surface area contributed by atoms with Crippen LogP contribution in [0.3, 0.4) is 0 Å². The number of anilines is 1. The number of aromatic amines is 1. The second-order valence-electron chi connectivity index (χ2n) is 8.21. The molecule has 0 radical (unpaired) electrons. The normalized spacial score (nSPS) is 26.1. The highest BCUT2D eigenvalue weighted by molar-refractivity contribution is 7.16. The van der Waals surface area contributed by atoms with Gasteiger partial charge >= 0.3 is 0 Å². The van der Waals surface area contributed by atoms with Crippen LogP contribution in [0.15, 0.2) is 24.5 Å². The number of aromatic nitrogens is 3. The summed E-state index contributed by atoms with van der Waals surface area (Å²) >= 11 is 1.53. The van der Waals surface area contributed by atoms with Crippen LogP contribution in [-0.2, 0) is 4.79 Å². The zero-order chi connectivity index (χ0) is 19.3. The molecule has 0 aromatic carbocycles. The Hall–Kier alpha value is -1.96. The van der Waals surface area contributed by atoms with Gasteiger partial charge in [0.25, 0.3) is 0 Å². The third-order valence-electron chi connectivity index (χ3n) is 6.52. The third kappa shape index (κ3) is 3.67. The molecule has 154 valence electrons. The number of nitrogens with one attached hydrogen (secondary N) is 2. The molecule has 0 spiro atoms. The minimum Gasteiger partial charge on any atom is -0.345 e. The first-order valence-corrected chi connectivity index (χ1v) is 10.9. The molecule has 0 saturated heterocycles. The number of carbonyl (C=O) groups is 1. The van der Waals surface area contributed by atoms with E-state index in [1.54, 1.807) is 6.20 Å². The number of hydrogen-bond acceptors (Lipinski definition) is 5. The van der Waals surface area contributed by atoms with Crippen molar-refractivity contribution in [1.29, 1.82) is 0 Å². The van der Waals surface area contributed by atoms with Crippen molar-refractivity contribution in [1.82, 2.24) is 15.0 Å². The molecule has 2 fully saturated rings. The van der Waals surface area contributed by atoms with Gasteiger partial charge in [0.2, 0.25) is 5.91 Å². The summed E-state index contributed by atoms with van der Waals surface area (Å²) in [4.78, 5) is 26.3. The lowest BCUT2D eigenvalue weighted by molar-refractivity contribution is -0.122. The van der Waals surface area contributed by atoms with Gasteiger partial charge in [-0.25, -0.2) is 9.97 Å². The maximum Gasteiger partial charge on any atom is 0.229 e. The number of hydrogen-bond donors (Lipinski definition) is 3. The van der Waals surface area contributed by atoms with Gasteiger partial charge in [-0.3, -0.25) is 4.79 Å². The average Bonchev–Trinajstić information content (AvgIpc) is 3.24. The molecule has 2 aliphatic carbocycles. The fourth-order valence-corrected chi connectivity index (χ4v) is 5.89. The van der Waals surface area contributed by atoms with Gasteiger partial charge in [-0.15, -0.1) is 23.7 Å². The predicted molar refractivity (Wildman–Crippen MR) is 119 cm³/mol. The smallest absolute Gasteiger partial charge is 0.229 e. The Labute approximate surface area is 180 Å². The van der Waals surface area contributed by atoms with E-state index in [-0.39, 0.29) is 30.3 Å². The highest BCUT2D eigenvalue weighted by Gasteiger charge is 2.40. The monoisotopic (exact) mass is 431 g/mol. The number of nitrogens with two attached hydrogens (primary N) is 1. The van der Waals surface area contributed by atoms with Crippen LogP contribution in [0.4, 0.5) is 5.13 Å². The number of thiazole rings is 1. The molecule has 2 aliphatic rings. The van der Waals surface area contributed by atoms with Crippen LogP contribution in [0.1, 0.15) is 37.0 Å². The molecule has 3 aromatic heterocycles.